The van der Waals surface area contributed by atoms with Crippen LogP contribution in [-0.2, 0) is 33.4 Å². The number of carbonyl (C=O) groups is 7. The summed E-state index contributed by atoms with van der Waals surface area (Å²) in [6.45, 7) is 2.96. The number of carbonyl (C=O) groups excluding carboxylic acids is 4. The quantitative estimate of drug-likeness (QED) is 0.345. The minimum Gasteiger partial charge on any atom is -0.478 e. The molecule has 2 fully saturated rings. The molecule has 3 N–H and O–H groups in total. The number of benzene rings is 1. The number of rotatable bonds is 3. The highest BCUT2D eigenvalue weighted by Gasteiger charge is 2.19. The van der Waals surface area contributed by atoms with Crippen LogP contribution < -0.4 is 0 Å². The molecule has 31 heavy (non-hydrogen) atoms. The van der Waals surface area contributed by atoms with Crippen LogP contribution >= 0.6 is 0 Å². The van der Waals surface area contributed by atoms with Crippen molar-refractivity contribution in [3.05, 3.63) is 48.0 Å². The van der Waals surface area contributed by atoms with Gasteiger partial charge in [-0.05, 0) is 24.3 Å². The van der Waals surface area contributed by atoms with Gasteiger partial charge in [0.1, 0.15) is 0 Å². The number of esters is 4. The second-order valence-electron chi connectivity index (χ2n) is 5.42. The van der Waals surface area contributed by atoms with E-state index in [2.05, 4.69) is 16.1 Å². The van der Waals surface area contributed by atoms with E-state index in [9.17, 15) is 33.6 Å². The standard InChI is InChI=1S/C8H6O4.2C4H4O3.C3H4O2/c9-7(10)5-1-2-6(4-3-5)8(11)12;2*5-3-1-2-4(6)7-3;1-2-3(4)5/h1-4H,(H,9,10)(H,11,12);2*1-2H2;2H,1H2,(H,4,5). The summed E-state index contributed by atoms with van der Waals surface area (Å²) in [6, 6.07) is 5.02. The van der Waals surface area contributed by atoms with Crippen molar-refractivity contribution in [3.63, 3.8) is 0 Å². The molecule has 0 aliphatic carbocycles. The van der Waals surface area contributed by atoms with Crippen LogP contribution in [0.4, 0.5) is 0 Å². The van der Waals surface area contributed by atoms with Crippen LogP contribution in [0.25, 0.3) is 0 Å². The fourth-order valence-electron chi connectivity index (χ4n) is 1.62. The minimum absolute atomic E-state index is 0.0833. The van der Waals surface area contributed by atoms with Crippen molar-refractivity contribution < 1.29 is 58.4 Å². The van der Waals surface area contributed by atoms with Crippen molar-refractivity contribution in [2.24, 2.45) is 0 Å². The summed E-state index contributed by atoms with van der Waals surface area (Å²) in [7, 11) is 0. The lowest BCUT2D eigenvalue weighted by molar-refractivity contribution is -0.153. The van der Waals surface area contributed by atoms with Crippen LogP contribution in [0.3, 0.4) is 0 Å². The summed E-state index contributed by atoms with van der Waals surface area (Å²) in [5.74, 6) is -4.70. The fourth-order valence-corrected chi connectivity index (χ4v) is 1.62. The zero-order valence-electron chi connectivity index (χ0n) is 15.9. The SMILES string of the molecule is C=CC(=O)O.O=C(O)c1ccc(C(=O)O)cc1.O=C1CCC(=O)O1.O=C1CCC(=O)O1. The summed E-state index contributed by atoms with van der Waals surface area (Å²) in [5, 5.41) is 24.5. The third-order valence-electron chi connectivity index (χ3n) is 3.08. The van der Waals surface area contributed by atoms with Gasteiger partial charge in [0, 0.05) is 6.08 Å². The smallest absolute Gasteiger partial charge is 0.335 e. The Morgan fingerprint density at radius 1 is 0.677 bits per heavy atom. The van der Waals surface area contributed by atoms with Gasteiger partial charge in [-0.25, -0.2) is 14.4 Å². The Morgan fingerprint density at radius 2 is 0.903 bits per heavy atom. The average molecular weight is 438 g/mol. The van der Waals surface area contributed by atoms with Crippen molar-refractivity contribution >= 4 is 41.8 Å². The van der Waals surface area contributed by atoms with Gasteiger partial charge in [-0.3, -0.25) is 19.2 Å². The topological polar surface area (TPSA) is 199 Å². The molecule has 2 aliphatic heterocycles. The van der Waals surface area contributed by atoms with Crippen molar-refractivity contribution in [3.8, 4) is 0 Å². The monoisotopic (exact) mass is 438 g/mol. The maximum Gasteiger partial charge on any atom is 0.335 e. The zero-order valence-corrected chi connectivity index (χ0v) is 15.9. The van der Waals surface area contributed by atoms with Crippen LogP contribution in [0.5, 0.6) is 0 Å². The first kappa shape index (κ1) is 26.6. The Bertz CT molecular complexity index is 775. The Morgan fingerprint density at radius 3 is 1.00 bits per heavy atom. The lowest BCUT2D eigenvalue weighted by atomic mass is 10.1. The number of aromatic carboxylic acids is 2. The molecule has 0 atom stereocenters. The van der Waals surface area contributed by atoms with Crippen molar-refractivity contribution in [2.45, 2.75) is 25.7 Å². The predicted octanol–water partition coefficient (Wildman–Crippen LogP) is 1.04. The van der Waals surface area contributed by atoms with Gasteiger partial charge in [-0.2, -0.15) is 0 Å². The van der Waals surface area contributed by atoms with Crippen molar-refractivity contribution in [1.82, 2.24) is 0 Å². The van der Waals surface area contributed by atoms with Gasteiger partial charge in [0.15, 0.2) is 0 Å². The summed E-state index contributed by atoms with van der Waals surface area (Å²) in [4.78, 5) is 70.0. The number of cyclic esters (lactones) is 4. The summed E-state index contributed by atoms with van der Waals surface area (Å²) < 4.78 is 8.17. The molecule has 0 radical (unpaired) electrons. The molecule has 1 aromatic rings. The normalized spacial score (nSPS) is 13.7. The lowest BCUT2D eigenvalue weighted by Crippen LogP contribution is -1.99. The number of carboxylic acids is 3. The first-order chi connectivity index (χ1) is 14.5. The molecule has 0 aromatic heterocycles. The summed E-state index contributed by atoms with van der Waals surface area (Å²) in [6.07, 6.45) is 1.88. The first-order valence-corrected chi connectivity index (χ1v) is 8.35. The van der Waals surface area contributed by atoms with Crippen LogP contribution in [0.2, 0.25) is 0 Å². The molecule has 12 nitrogen and oxygen atoms in total. The zero-order chi connectivity index (χ0) is 24.0. The van der Waals surface area contributed by atoms with Gasteiger partial charge in [0.2, 0.25) is 0 Å². The van der Waals surface area contributed by atoms with E-state index in [1.807, 2.05) is 0 Å². The van der Waals surface area contributed by atoms with Crippen LogP contribution in [0.15, 0.2) is 36.9 Å². The molecule has 1 aromatic carbocycles. The number of carboxylic acid groups (broad SMARTS) is 3. The van der Waals surface area contributed by atoms with Gasteiger partial charge in [0.25, 0.3) is 0 Å². The highest BCUT2D eigenvalue weighted by molar-refractivity contribution is 5.93. The first-order valence-electron chi connectivity index (χ1n) is 8.35. The van der Waals surface area contributed by atoms with Crippen LogP contribution in [-0.4, -0.2) is 57.1 Å². The predicted molar refractivity (Wildman–Crippen MR) is 98.9 cm³/mol. The van der Waals surface area contributed by atoms with E-state index in [4.69, 9.17) is 15.3 Å². The Hall–Kier alpha value is -4.35. The number of ether oxygens (including phenoxy) is 2. The fraction of sp³-hybridized carbons (Fsp3) is 0.211. The van der Waals surface area contributed by atoms with Crippen molar-refractivity contribution in [2.75, 3.05) is 0 Å². The molecule has 12 heteroatoms. The molecule has 3 rings (SSSR count). The van der Waals surface area contributed by atoms with E-state index in [0.29, 0.717) is 0 Å². The summed E-state index contributed by atoms with van der Waals surface area (Å²) in [5.41, 5.74) is 0.167. The highest BCUT2D eigenvalue weighted by Crippen LogP contribution is 2.05. The molecular formula is C19H18O12. The third kappa shape index (κ3) is 12.7. The molecule has 0 saturated carbocycles. The molecular weight excluding hydrogens is 420 g/mol. The molecule has 166 valence electrons. The molecule has 2 aliphatic rings. The van der Waals surface area contributed by atoms with E-state index in [-0.39, 0.29) is 36.8 Å². The minimum atomic E-state index is -1.06. The van der Waals surface area contributed by atoms with Gasteiger partial charge in [-0.15, -0.1) is 0 Å². The second-order valence-corrected chi connectivity index (χ2v) is 5.42. The van der Waals surface area contributed by atoms with E-state index in [0.717, 1.165) is 6.08 Å². The maximum absolute atomic E-state index is 10.3. The molecule has 0 spiro atoms. The van der Waals surface area contributed by atoms with Crippen LogP contribution in [0, 0.1) is 0 Å². The molecule has 2 saturated heterocycles. The van der Waals surface area contributed by atoms with E-state index in [1.54, 1.807) is 0 Å². The number of hydrogen-bond donors (Lipinski definition) is 3. The van der Waals surface area contributed by atoms with E-state index >= 15 is 0 Å². The van der Waals surface area contributed by atoms with E-state index in [1.165, 1.54) is 24.3 Å². The van der Waals surface area contributed by atoms with Crippen molar-refractivity contribution in [1.29, 1.82) is 0 Å². The largest absolute Gasteiger partial charge is 0.478 e. The highest BCUT2D eigenvalue weighted by atomic mass is 16.6. The Balaban J connectivity index is 0.000000411. The third-order valence-corrected chi connectivity index (χ3v) is 3.08. The number of aliphatic carboxylic acids is 1. The molecule has 0 bridgehead atoms. The number of hydrogen-bond acceptors (Lipinski definition) is 9. The van der Waals surface area contributed by atoms with Gasteiger partial charge in [-0.1, -0.05) is 6.58 Å². The van der Waals surface area contributed by atoms with Gasteiger partial charge < -0.3 is 24.8 Å². The maximum atomic E-state index is 10.3. The molecule has 0 unspecified atom stereocenters. The Labute approximate surface area is 174 Å². The lowest BCUT2D eigenvalue weighted by Gasteiger charge is -1.94. The Kier molecular flexibility index (Phi) is 11.8. The average Bonchev–Trinajstić information content (AvgIpc) is 3.29. The van der Waals surface area contributed by atoms with Gasteiger partial charge >= 0.3 is 41.8 Å². The second kappa shape index (κ2) is 13.8. The van der Waals surface area contributed by atoms with Crippen LogP contribution in [0.1, 0.15) is 46.4 Å². The van der Waals surface area contributed by atoms with E-state index < -0.39 is 41.8 Å². The summed E-state index contributed by atoms with van der Waals surface area (Å²) >= 11 is 0. The van der Waals surface area contributed by atoms with Gasteiger partial charge in [0.05, 0.1) is 36.8 Å². The molecule has 0 amide bonds. The molecule has 2 heterocycles.